The minimum atomic E-state index is 0.260. The van der Waals surface area contributed by atoms with Crippen molar-refractivity contribution < 1.29 is 0 Å². The number of hydrogen-bond donors (Lipinski definition) is 1. The van der Waals surface area contributed by atoms with Crippen LogP contribution in [0.15, 0.2) is 84.9 Å². The van der Waals surface area contributed by atoms with Gasteiger partial charge < -0.3 is 9.88 Å². The highest BCUT2D eigenvalue weighted by Crippen LogP contribution is 2.40. The Bertz CT molecular complexity index is 1010. The fourth-order valence-electron chi connectivity index (χ4n) is 3.87. The van der Waals surface area contributed by atoms with E-state index in [0.29, 0.717) is 0 Å². The molecule has 1 N–H and O–H groups in total. The highest BCUT2D eigenvalue weighted by atomic mass is 15.3. The van der Waals surface area contributed by atoms with Crippen molar-refractivity contribution in [3.05, 3.63) is 96.1 Å². The molecule has 1 aliphatic rings. The third kappa shape index (κ3) is 2.40. The molecule has 0 saturated heterocycles. The second-order valence-electron chi connectivity index (χ2n) is 6.56. The van der Waals surface area contributed by atoms with Crippen LogP contribution in [0.3, 0.4) is 0 Å². The summed E-state index contributed by atoms with van der Waals surface area (Å²) in [5.74, 6) is 0.954. The van der Waals surface area contributed by atoms with Crippen LogP contribution in [-0.4, -0.2) is 9.55 Å². The second-order valence-corrected chi connectivity index (χ2v) is 6.56. The summed E-state index contributed by atoms with van der Waals surface area (Å²) in [7, 11) is 0. The average Bonchev–Trinajstić information content (AvgIpc) is 3.07. The molecule has 3 nitrogen and oxygen atoms in total. The first kappa shape index (κ1) is 14.3. The molecule has 5 rings (SSSR count). The summed E-state index contributed by atoms with van der Waals surface area (Å²) in [4.78, 5) is 4.86. The first-order valence-electron chi connectivity index (χ1n) is 8.73. The lowest BCUT2D eigenvalue weighted by Crippen LogP contribution is -2.27. The molecule has 0 spiro atoms. The number of benzene rings is 3. The Hall–Kier alpha value is -3.07. The van der Waals surface area contributed by atoms with Crippen LogP contribution in [0.5, 0.6) is 0 Å². The van der Waals surface area contributed by atoms with Crippen molar-refractivity contribution in [1.29, 1.82) is 0 Å². The number of anilines is 1. The lowest BCUT2D eigenvalue weighted by Gasteiger charge is -2.33. The fraction of sp³-hybridized carbons (Fsp3) is 0.136. The summed E-state index contributed by atoms with van der Waals surface area (Å²) in [6, 6.07) is 30.3. The largest absolute Gasteiger partial charge is 0.349 e. The summed E-state index contributed by atoms with van der Waals surface area (Å²) >= 11 is 0. The third-order valence-corrected chi connectivity index (χ3v) is 5.06. The lowest BCUT2D eigenvalue weighted by atomic mass is 9.93. The molecule has 0 saturated carbocycles. The predicted octanol–water partition coefficient (Wildman–Crippen LogP) is 5.18. The molecule has 2 atom stereocenters. The molecule has 4 aromatic rings. The number of aromatic nitrogens is 2. The van der Waals surface area contributed by atoms with Gasteiger partial charge in [-0.05, 0) is 29.7 Å². The molecule has 0 aliphatic carbocycles. The quantitative estimate of drug-likeness (QED) is 0.550. The van der Waals surface area contributed by atoms with Crippen molar-refractivity contribution in [2.24, 2.45) is 0 Å². The van der Waals surface area contributed by atoms with Crippen LogP contribution >= 0.6 is 0 Å². The van der Waals surface area contributed by atoms with E-state index in [1.54, 1.807) is 0 Å². The maximum absolute atomic E-state index is 4.86. The standard InChI is InChI=1S/C22H19N3/c1-3-9-16(10-4-1)19-15-21(17-11-5-2-6-12-17)25-20-14-8-7-13-18(20)23-22(25)24-19/h1-14,19,21H,15H2,(H,23,24)/t19-,21-/m0/s1. The zero-order chi connectivity index (χ0) is 16.6. The predicted molar refractivity (Wildman–Crippen MR) is 102 cm³/mol. The van der Waals surface area contributed by atoms with Crippen molar-refractivity contribution in [1.82, 2.24) is 9.55 Å². The highest BCUT2D eigenvalue weighted by molar-refractivity contribution is 5.79. The van der Waals surface area contributed by atoms with E-state index in [-0.39, 0.29) is 12.1 Å². The van der Waals surface area contributed by atoms with Gasteiger partial charge in [-0.25, -0.2) is 4.98 Å². The lowest BCUT2D eigenvalue weighted by molar-refractivity contribution is 0.477. The number of rotatable bonds is 2. The maximum Gasteiger partial charge on any atom is 0.204 e. The first-order chi connectivity index (χ1) is 12.4. The molecule has 0 radical (unpaired) electrons. The maximum atomic E-state index is 4.86. The van der Waals surface area contributed by atoms with Gasteiger partial charge in [0.15, 0.2) is 0 Å². The van der Waals surface area contributed by atoms with E-state index < -0.39 is 0 Å². The van der Waals surface area contributed by atoms with Gasteiger partial charge in [0, 0.05) is 0 Å². The van der Waals surface area contributed by atoms with Crippen LogP contribution in [0, 0.1) is 0 Å². The van der Waals surface area contributed by atoms with Gasteiger partial charge in [0.1, 0.15) is 0 Å². The molecular formula is C22H19N3. The van der Waals surface area contributed by atoms with E-state index in [1.165, 1.54) is 16.6 Å². The SMILES string of the molecule is c1ccc([C@@H]2C[C@@H](c3ccccc3)n3c(nc4ccccc43)N2)cc1. The topological polar surface area (TPSA) is 29.9 Å². The van der Waals surface area contributed by atoms with Gasteiger partial charge in [0.25, 0.3) is 0 Å². The van der Waals surface area contributed by atoms with Crippen LogP contribution in [0.1, 0.15) is 29.6 Å². The van der Waals surface area contributed by atoms with E-state index in [9.17, 15) is 0 Å². The minimum Gasteiger partial charge on any atom is -0.349 e. The number of fused-ring (bicyclic) bond motifs is 3. The molecule has 0 bridgehead atoms. The number of nitrogens with one attached hydrogen (secondary N) is 1. The Balaban J connectivity index is 1.68. The number of imidazole rings is 1. The minimum absolute atomic E-state index is 0.260. The summed E-state index contributed by atoms with van der Waals surface area (Å²) in [6.07, 6.45) is 1.00. The Labute approximate surface area is 147 Å². The zero-order valence-corrected chi connectivity index (χ0v) is 13.8. The second kappa shape index (κ2) is 5.78. The van der Waals surface area contributed by atoms with E-state index in [0.717, 1.165) is 17.9 Å². The highest BCUT2D eigenvalue weighted by Gasteiger charge is 2.30. The Morgan fingerprint density at radius 2 is 1.40 bits per heavy atom. The normalized spacial score (nSPS) is 19.4. The summed E-state index contributed by atoms with van der Waals surface area (Å²) in [6.45, 7) is 0. The summed E-state index contributed by atoms with van der Waals surface area (Å²) in [5.41, 5.74) is 4.86. The van der Waals surface area contributed by atoms with E-state index in [1.807, 2.05) is 6.07 Å². The molecule has 2 heterocycles. The van der Waals surface area contributed by atoms with Crippen molar-refractivity contribution in [3.8, 4) is 0 Å². The molecule has 25 heavy (non-hydrogen) atoms. The van der Waals surface area contributed by atoms with Crippen molar-refractivity contribution in [2.45, 2.75) is 18.5 Å². The molecule has 0 amide bonds. The Morgan fingerprint density at radius 1 is 0.760 bits per heavy atom. The van der Waals surface area contributed by atoms with Gasteiger partial charge >= 0.3 is 0 Å². The van der Waals surface area contributed by atoms with Gasteiger partial charge in [-0.2, -0.15) is 0 Å². The molecule has 0 unspecified atom stereocenters. The van der Waals surface area contributed by atoms with E-state index in [4.69, 9.17) is 4.98 Å². The molecule has 1 aliphatic heterocycles. The molecule has 3 heteroatoms. The molecule has 3 aromatic carbocycles. The van der Waals surface area contributed by atoms with Gasteiger partial charge in [0.05, 0.1) is 23.1 Å². The molecule has 0 fully saturated rings. The average molecular weight is 325 g/mol. The van der Waals surface area contributed by atoms with E-state index in [2.05, 4.69) is 88.7 Å². The van der Waals surface area contributed by atoms with Crippen LogP contribution in [0.4, 0.5) is 5.95 Å². The molecular weight excluding hydrogens is 306 g/mol. The van der Waals surface area contributed by atoms with Gasteiger partial charge in [-0.15, -0.1) is 0 Å². The van der Waals surface area contributed by atoms with Gasteiger partial charge in [-0.1, -0.05) is 72.8 Å². The number of para-hydroxylation sites is 2. The number of nitrogens with zero attached hydrogens (tertiary/aromatic N) is 2. The molecule has 1 aromatic heterocycles. The van der Waals surface area contributed by atoms with Crippen LogP contribution in [0.2, 0.25) is 0 Å². The summed E-state index contributed by atoms with van der Waals surface area (Å²) < 4.78 is 2.35. The third-order valence-electron chi connectivity index (χ3n) is 5.06. The zero-order valence-electron chi connectivity index (χ0n) is 13.8. The van der Waals surface area contributed by atoms with Crippen molar-refractivity contribution >= 4 is 17.0 Å². The van der Waals surface area contributed by atoms with Crippen molar-refractivity contribution in [3.63, 3.8) is 0 Å². The van der Waals surface area contributed by atoms with Crippen LogP contribution < -0.4 is 5.32 Å². The van der Waals surface area contributed by atoms with Gasteiger partial charge in [-0.3, -0.25) is 0 Å². The fourth-order valence-corrected chi connectivity index (χ4v) is 3.87. The number of hydrogen-bond acceptors (Lipinski definition) is 2. The van der Waals surface area contributed by atoms with Crippen LogP contribution in [0.25, 0.3) is 11.0 Å². The van der Waals surface area contributed by atoms with Crippen LogP contribution in [-0.2, 0) is 0 Å². The first-order valence-corrected chi connectivity index (χ1v) is 8.73. The Kier molecular flexibility index (Phi) is 3.30. The monoisotopic (exact) mass is 325 g/mol. The smallest absolute Gasteiger partial charge is 0.204 e. The Morgan fingerprint density at radius 3 is 2.16 bits per heavy atom. The summed E-state index contributed by atoms with van der Waals surface area (Å²) in [5, 5.41) is 3.65. The van der Waals surface area contributed by atoms with Crippen molar-refractivity contribution in [2.75, 3.05) is 5.32 Å². The molecule has 122 valence electrons. The van der Waals surface area contributed by atoms with Gasteiger partial charge in [0.2, 0.25) is 5.95 Å². The van der Waals surface area contributed by atoms with E-state index >= 15 is 0 Å².